The number of aromatic nitrogens is 2. The van der Waals surface area contributed by atoms with Crippen LogP contribution in [0, 0.1) is 0 Å². The molecule has 22 heavy (non-hydrogen) atoms. The zero-order valence-electron chi connectivity index (χ0n) is 12.8. The van der Waals surface area contributed by atoms with Gasteiger partial charge in [0.15, 0.2) is 0 Å². The Bertz CT molecular complexity index is 453. The molecule has 0 aromatic carbocycles. The van der Waals surface area contributed by atoms with Crippen LogP contribution in [-0.4, -0.2) is 41.6 Å². The number of halogens is 2. The number of aryl methyl sites for hydroxylation is 1. The molecular weight excluding hydrogens is 325 g/mol. The summed E-state index contributed by atoms with van der Waals surface area (Å²) in [6, 6.07) is 2.31. The Hall–Kier alpha value is -1.11. The van der Waals surface area contributed by atoms with Crippen LogP contribution < -0.4 is 16.0 Å². The van der Waals surface area contributed by atoms with E-state index in [4.69, 9.17) is 5.73 Å². The number of carbonyl (C=O) groups is 1. The first-order valence-corrected chi connectivity index (χ1v) is 7.28. The lowest BCUT2D eigenvalue weighted by molar-refractivity contribution is -0.121. The number of nitrogens with one attached hydrogen (secondary N) is 1. The van der Waals surface area contributed by atoms with Crippen LogP contribution in [0.25, 0.3) is 0 Å². The van der Waals surface area contributed by atoms with Gasteiger partial charge < -0.3 is 16.0 Å². The van der Waals surface area contributed by atoms with Crippen LogP contribution >= 0.6 is 24.8 Å². The van der Waals surface area contributed by atoms with Gasteiger partial charge in [0.25, 0.3) is 0 Å². The quantitative estimate of drug-likeness (QED) is 0.837. The van der Waals surface area contributed by atoms with Gasteiger partial charge in [-0.1, -0.05) is 6.92 Å². The summed E-state index contributed by atoms with van der Waals surface area (Å²) in [5.41, 5.74) is 6.44. The second-order valence-corrected chi connectivity index (χ2v) is 5.09. The molecule has 1 aromatic heterocycles. The predicted octanol–water partition coefficient (Wildman–Crippen LogP) is 1.32. The van der Waals surface area contributed by atoms with Crippen molar-refractivity contribution in [3.63, 3.8) is 0 Å². The first kappa shape index (κ1) is 20.9. The second-order valence-electron chi connectivity index (χ2n) is 5.09. The molecule has 0 bridgehead atoms. The number of carbonyl (C=O) groups excluding carboxylic acids is 1. The summed E-state index contributed by atoms with van der Waals surface area (Å²) < 4.78 is 0. The summed E-state index contributed by atoms with van der Waals surface area (Å²) in [6.45, 7) is 4.32. The molecule has 0 spiro atoms. The minimum Gasteiger partial charge on any atom is -0.356 e. The third-order valence-electron chi connectivity index (χ3n) is 3.63. The molecule has 0 aliphatic carbocycles. The van der Waals surface area contributed by atoms with E-state index in [2.05, 4.69) is 27.1 Å². The molecule has 3 N–H and O–H groups in total. The number of hydrogen-bond acceptors (Lipinski definition) is 5. The summed E-state index contributed by atoms with van der Waals surface area (Å²) >= 11 is 0. The Labute approximate surface area is 144 Å². The molecule has 0 unspecified atom stereocenters. The second kappa shape index (κ2) is 10.6. The van der Waals surface area contributed by atoms with Gasteiger partial charge in [0.05, 0.1) is 0 Å². The van der Waals surface area contributed by atoms with Crippen LogP contribution in [0.4, 0.5) is 5.82 Å². The summed E-state index contributed by atoms with van der Waals surface area (Å²) in [7, 11) is 0. The van der Waals surface area contributed by atoms with Crippen molar-refractivity contribution in [2.75, 3.05) is 24.5 Å². The molecule has 0 radical (unpaired) electrons. The number of amides is 1. The zero-order valence-corrected chi connectivity index (χ0v) is 14.5. The Morgan fingerprint density at radius 3 is 2.64 bits per heavy atom. The summed E-state index contributed by atoms with van der Waals surface area (Å²) in [5, 5.41) is 3.04. The average Bonchev–Trinajstić information content (AvgIpc) is 2.48. The third kappa shape index (κ3) is 5.94. The van der Waals surface area contributed by atoms with E-state index in [0.717, 1.165) is 43.9 Å². The van der Waals surface area contributed by atoms with Gasteiger partial charge in [-0.3, -0.25) is 4.79 Å². The molecule has 6 nitrogen and oxygen atoms in total. The predicted molar refractivity (Wildman–Crippen MR) is 93.0 cm³/mol. The molecule has 2 heterocycles. The summed E-state index contributed by atoms with van der Waals surface area (Å²) in [4.78, 5) is 22.3. The normalized spacial score (nSPS) is 14.7. The van der Waals surface area contributed by atoms with Gasteiger partial charge in [0.2, 0.25) is 5.91 Å². The largest absolute Gasteiger partial charge is 0.356 e. The fourth-order valence-electron chi connectivity index (χ4n) is 2.44. The van der Waals surface area contributed by atoms with E-state index in [-0.39, 0.29) is 36.8 Å². The Kier molecular flexibility index (Phi) is 10.1. The molecule has 126 valence electrons. The number of rotatable bonds is 5. The van der Waals surface area contributed by atoms with Crippen molar-refractivity contribution in [1.82, 2.24) is 15.3 Å². The van der Waals surface area contributed by atoms with Gasteiger partial charge in [-0.05, 0) is 19.3 Å². The molecule has 2 rings (SSSR count). The highest BCUT2D eigenvalue weighted by Crippen LogP contribution is 2.18. The number of nitrogens with zero attached hydrogens (tertiary/aromatic N) is 3. The van der Waals surface area contributed by atoms with E-state index in [0.29, 0.717) is 13.0 Å². The van der Waals surface area contributed by atoms with Crippen LogP contribution in [-0.2, 0) is 11.2 Å². The number of hydrogen-bond donors (Lipinski definition) is 2. The number of nitrogens with two attached hydrogens (primary N) is 1. The molecule has 1 aromatic rings. The Morgan fingerprint density at radius 2 is 2.05 bits per heavy atom. The van der Waals surface area contributed by atoms with Crippen molar-refractivity contribution >= 4 is 36.5 Å². The highest BCUT2D eigenvalue weighted by atomic mass is 35.5. The van der Waals surface area contributed by atoms with Crippen LogP contribution in [0.1, 0.15) is 31.9 Å². The van der Waals surface area contributed by atoms with Crippen molar-refractivity contribution < 1.29 is 4.79 Å². The smallest absolute Gasteiger partial charge is 0.221 e. The first-order valence-electron chi connectivity index (χ1n) is 7.28. The van der Waals surface area contributed by atoms with E-state index in [1.807, 2.05) is 6.07 Å². The third-order valence-corrected chi connectivity index (χ3v) is 3.63. The van der Waals surface area contributed by atoms with Crippen LogP contribution in [0.2, 0.25) is 0 Å². The lowest BCUT2D eigenvalue weighted by Gasteiger charge is -2.33. The summed E-state index contributed by atoms with van der Waals surface area (Å²) in [5.74, 6) is 1.05. The molecular formula is C14H25Cl2N5O. The lowest BCUT2D eigenvalue weighted by Crippen LogP contribution is -2.45. The maximum Gasteiger partial charge on any atom is 0.221 e. The van der Waals surface area contributed by atoms with Gasteiger partial charge in [-0.15, -0.1) is 24.8 Å². The van der Waals surface area contributed by atoms with E-state index in [1.54, 1.807) is 6.33 Å². The monoisotopic (exact) mass is 349 g/mol. The van der Waals surface area contributed by atoms with Crippen molar-refractivity contribution in [2.45, 2.75) is 38.6 Å². The summed E-state index contributed by atoms with van der Waals surface area (Å²) in [6.07, 6.45) is 4.85. The average molecular weight is 350 g/mol. The molecule has 1 fully saturated rings. The fraction of sp³-hybridized carbons (Fsp3) is 0.643. The fourth-order valence-corrected chi connectivity index (χ4v) is 2.44. The Morgan fingerprint density at radius 1 is 1.36 bits per heavy atom. The van der Waals surface area contributed by atoms with E-state index in [9.17, 15) is 4.79 Å². The molecule has 1 amide bonds. The standard InChI is InChI=1S/C14H23N5O.2ClH/c1-2-11-9-13(17-10-16-11)19-7-4-12(5-8-19)18-14(20)3-6-15;;/h9-10,12H,2-8,15H2,1H3,(H,18,20);2*1H. The van der Waals surface area contributed by atoms with E-state index >= 15 is 0 Å². The lowest BCUT2D eigenvalue weighted by atomic mass is 10.0. The highest BCUT2D eigenvalue weighted by molar-refractivity contribution is 5.85. The van der Waals surface area contributed by atoms with Crippen LogP contribution in [0.3, 0.4) is 0 Å². The van der Waals surface area contributed by atoms with Crippen molar-refractivity contribution in [3.05, 3.63) is 18.1 Å². The van der Waals surface area contributed by atoms with Crippen molar-refractivity contribution in [3.8, 4) is 0 Å². The maximum absolute atomic E-state index is 11.5. The first-order chi connectivity index (χ1) is 9.72. The minimum absolute atomic E-state index is 0. The van der Waals surface area contributed by atoms with Gasteiger partial charge in [0, 0.05) is 43.9 Å². The molecule has 0 atom stereocenters. The van der Waals surface area contributed by atoms with Crippen LogP contribution in [0.15, 0.2) is 12.4 Å². The molecule has 1 aliphatic heterocycles. The maximum atomic E-state index is 11.5. The SMILES string of the molecule is CCc1cc(N2CCC(NC(=O)CCN)CC2)ncn1.Cl.Cl. The van der Waals surface area contributed by atoms with E-state index in [1.165, 1.54) is 0 Å². The van der Waals surface area contributed by atoms with E-state index < -0.39 is 0 Å². The topological polar surface area (TPSA) is 84.1 Å². The molecule has 8 heteroatoms. The van der Waals surface area contributed by atoms with Crippen molar-refractivity contribution in [2.24, 2.45) is 5.73 Å². The van der Waals surface area contributed by atoms with Gasteiger partial charge in [-0.2, -0.15) is 0 Å². The van der Waals surface area contributed by atoms with Gasteiger partial charge in [0.1, 0.15) is 12.1 Å². The Balaban J connectivity index is 0.00000220. The van der Waals surface area contributed by atoms with Crippen LogP contribution in [0.5, 0.6) is 0 Å². The molecule has 1 aliphatic rings. The number of anilines is 1. The van der Waals surface area contributed by atoms with Gasteiger partial charge in [-0.25, -0.2) is 9.97 Å². The molecule has 0 saturated carbocycles. The minimum atomic E-state index is 0. The van der Waals surface area contributed by atoms with Crippen molar-refractivity contribution in [1.29, 1.82) is 0 Å². The van der Waals surface area contributed by atoms with Gasteiger partial charge >= 0.3 is 0 Å². The number of piperidine rings is 1. The zero-order chi connectivity index (χ0) is 14.4. The highest BCUT2D eigenvalue weighted by Gasteiger charge is 2.21. The molecule has 1 saturated heterocycles.